The van der Waals surface area contributed by atoms with Crippen molar-refractivity contribution in [3.05, 3.63) is 76.6 Å². The largest absolute Gasteiger partial charge is 0.484 e. The van der Waals surface area contributed by atoms with Gasteiger partial charge in [0.1, 0.15) is 11.3 Å². The maximum Gasteiger partial charge on any atom is 0.336 e. The Labute approximate surface area is 154 Å². The SMILES string of the molecule is O=C(CNC(=O)COc1ccc2ccc(=O)oc2c1)NCc1ccccc1. The maximum absolute atomic E-state index is 11.8. The molecule has 0 aliphatic carbocycles. The second kappa shape index (κ2) is 8.66. The molecule has 138 valence electrons. The van der Waals surface area contributed by atoms with Crippen LogP contribution in [0.25, 0.3) is 11.0 Å². The van der Waals surface area contributed by atoms with Gasteiger partial charge in [0, 0.05) is 24.1 Å². The van der Waals surface area contributed by atoms with E-state index >= 15 is 0 Å². The van der Waals surface area contributed by atoms with Crippen LogP contribution in [0.3, 0.4) is 0 Å². The van der Waals surface area contributed by atoms with Crippen molar-refractivity contribution in [3.8, 4) is 5.75 Å². The molecule has 2 amide bonds. The van der Waals surface area contributed by atoms with Gasteiger partial charge in [-0.15, -0.1) is 0 Å². The summed E-state index contributed by atoms with van der Waals surface area (Å²) in [5.41, 5.74) is 0.892. The Balaban J connectivity index is 1.43. The van der Waals surface area contributed by atoms with E-state index < -0.39 is 11.5 Å². The Morgan fingerprint density at radius 1 is 0.926 bits per heavy atom. The molecule has 2 N–H and O–H groups in total. The highest BCUT2D eigenvalue weighted by Crippen LogP contribution is 2.19. The fourth-order valence-electron chi connectivity index (χ4n) is 2.37. The molecule has 0 aliphatic rings. The summed E-state index contributed by atoms with van der Waals surface area (Å²) in [4.78, 5) is 34.8. The zero-order chi connectivity index (χ0) is 19.1. The summed E-state index contributed by atoms with van der Waals surface area (Å²) in [5, 5.41) is 5.95. The highest BCUT2D eigenvalue weighted by atomic mass is 16.5. The minimum atomic E-state index is -0.459. The summed E-state index contributed by atoms with van der Waals surface area (Å²) in [6.07, 6.45) is 0. The van der Waals surface area contributed by atoms with E-state index in [4.69, 9.17) is 9.15 Å². The fourth-order valence-corrected chi connectivity index (χ4v) is 2.37. The molecule has 0 spiro atoms. The Kier molecular flexibility index (Phi) is 5.84. The van der Waals surface area contributed by atoms with Crippen molar-refractivity contribution in [1.82, 2.24) is 10.6 Å². The van der Waals surface area contributed by atoms with Crippen molar-refractivity contribution in [2.45, 2.75) is 6.54 Å². The number of fused-ring (bicyclic) bond motifs is 1. The first kappa shape index (κ1) is 18.2. The van der Waals surface area contributed by atoms with Gasteiger partial charge in [0.25, 0.3) is 5.91 Å². The molecular weight excluding hydrogens is 348 g/mol. The van der Waals surface area contributed by atoms with E-state index in [1.807, 2.05) is 30.3 Å². The Morgan fingerprint density at radius 2 is 1.70 bits per heavy atom. The molecule has 27 heavy (non-hydrogen) atoms. The summed E-state index contributed by atoms with van der Waals surface area (Å²) < 4.78 is 10.4. The maximum atomic E-state index is 11.8. The van der Waals surface area contributed by atoms with Crippen molar-refractivity contribution in [1.29, 1.82) is 0 Å². The molecule has 7 nitrogen and oxygen atoms in total. The average molecular weight is 366 g/mol. The summed E-state index contributed by atoms with van der Waals surface area (Å²) in [6, 6.07) is 17.4. The summed E-state index contributed by atoms with van der Waals surface area (Å²) in [6.45, 7) is 0.00446. The smallest absolute Gasteiger partial charge is 0.336 e. The lowest BCUT2D eigenvalue weighted by Gasteiger charge is -2.09. The second-order valence-corrected chi connectivity index (χ2v) is 5.78. The molecule has 2 aromatic carbocycles. The Bertz CT molecular complexity index is 998. The van der Waals surface area contributed by atoms with Crippen LogP contribution in [0, 0.1) is 0 Å². The topological polar surface area (TPSA) is 97.6 Å². The van der Waals surface area contributed by atoms with Crippen molar-refractivity contribution in [3.63, 3.8) is 0 Å². The molecule has 0 unspecified atom stereocenters. The predicted molar refractivity (Wildman–Crippen MR) is 99.3 cm³/mol. The van der Waals surface area contributed by atoms with Gasteiger partial charge < -0.3 is 19.8 Å². The normalized spacial score (nSPS) is 10.4. The summed E-state index contributed by atoms with van der Waals surface area (Å²) >= 11 is 0. The van der Waals surface area contributed by atoms with Gasteiger partial charge in [0.15, 0.2) is 6.61 Å². The third-order valence-electron chi connectivity index (χ3n) is 3.74. The molecule has 0 aliphatic heterocycles. The number of nitrogens with one attached hydrogen (secondary N) is 2. The molecule has 0 saturated heterocycles. The van der Waals surface area contributed by atoms with Crippen LogP contribution in [0.2, 0.25) is 0 Å². The highest BCUT2D eigenvalue weighted by molar-refractivity contribution is 5.85. The van der Waals surface area contributed by atoms with Gasteiger partial charge in [-0.05, 0) is 23.8 Å². The zero-order valence-electron chi connectivity index (χ0n) is 14.4. The van der Waals surface area contributed by atoms with Crippen LogP contribution in [0.1, 0.15) is 5.56 Å². The van der Waals surface area contributed by atoms with Crippen molar-refractivity contribution in [2.75, 3.05) is 13.2 Å². The van der Waals surface area contributed by atoms with Crippen LogP contribution < -0.4 is 21.0 Å². The predicted octanol–water partition coefficient (Wildman–Crippen LogP) is 1.60. The molecule has 0 saturated carbocycles. The summed E-state index contributed by atoms with van der Waals surface area (Å²) in [5.74, 6) is -0.334. The van der Waals surface area contributed by atoms with E-state index in [0.29, 0.717) is 17.9 Å². The molecular formula is C20H18N2O5. The Hall–Kier alpha value is -3.61. The molecule has 1 heterocycles. The van der Waals surface area contributed by atoms with Gasteiger partial charge in [-0.1, -0.05) is 30.3 Å². The quantitative estimate of drug-likeness (QED) is 0.619. The molecule has 1 aromatic heterocycles. The van der Waals surface area contributed by atoms with E-state index in [1.54, 1.807) is 18.2 Å². The first-order valence-corrected chi connectivity index (χ1v) is 8.34. The van der Waals surface area contributed by atoms with Crippen LogP contribution in [-0.2, 0) is 16.1 Å². The number of hydrogen-bond acceptors (Lipinski definition) is 5. The number of carbonyl (C=O) groups excluding carboxylic acids is 2. The van der Waals surface area contributed by atoms with Crippen LogP contribution in [0.4, 0.5) is 0 Å². The van der Waals surface area contributed by atoms with Gasteiger partial charge in [-0.3, -0.25) is 9.59 Å². The van der Waals surface area contributed by atoms with Crippen LogP contribution in [-0.4, -0.2) is 25.0 Å². The first-order valence-electron chi connectivity index (χ1n) is 8.34. The average Bonchev–Trinajstić information content (AvgIpc) is 2.69. The number of hydrogen-bond donors (Lipinski definition) is 2. The van der Waals surface area contributed by atoms with E-state index in [9.17, 15) is 14.4 Å². The fraction of sp³-hybridized carbons (Fsp3) is 0.150. The lowest BCUT2D eigenvalue weighted by atomic mass is 10.2. The molecule has 0 fully saturated rings. The number of amides is 2. The molecule has 0 bridgehead atoms. The van der Waals surface area contributed by atoms with Gasteiger partial charge in [-0.2, -0.15) is 0 Å². The van der Waals surface area contributed by atoms with Gasteiger partial charge in [-0.25, -0.2) is 4.79 Å². The zero-order valence-corrected chi connectivity index (χ0v) is 14.4. The number of carbonyl (C=O) groups is 2. The van der Waals surface area contributed by atoms with Crippen molar-refractivity contribution >= 4 is 22.8 Å². The van der Waals surface area contributed by atoms with Gasteiger partial charge >= 0.3 is 5.63 Å². The third-order valence-corrected chi connectivity index (χ3v) is 3.74. The first-order chi connectivity index (χ1) is 13.1. The van der Waals surface area contributed by atoms with Crippen LogP contribution in [0.5, 0.6) is 5.75 Å². The molecule has 0 atom stereocenters. The number of ether oxygens (including phenoxy) is 1. The third kappa shape index (κ3) is 5.43. The molecule has 0 radical (unpaired) electrons. The van der Waals surface area contributed by atoms with E-state index in [-0.39, 0.29) is 19.1 Å². The van der Waals surface area contributed by atoms with Crippen LogP contribution in [0.15, 0.2) is 69.9 Å². The van der Waals surface area contributed by atoms with Crippen molar-refractivity contribution < 1.29 is 18.7 Å². The number of rotatable bonds is 7. The lowest BCUT2D eigenvalue weighted by Crippen LogP contribution is -2.38. The van der Waals surface area contributed by atoms with Gasteiger partial charge in [0.2, 0.25) is 5.91 Å². The minimum absolute atomic E-state index is 0.137. The van der Waals surface area contributed by atoms with E-state index in [2.05, 4.69) is 10.6 Å². The molecule has 3 aromatic rings. The minimum Gasteiger partial charge on any atom is -0.484 e. The van der Waals surface area contributed by atoms with E-state index in [1.165, 1.54) is 12.1 Å². The van der Waals surface area contributed by atoms with Crippen molar-refractivity contribution in [2.24, 2.45) is 0 Å². The highest BCUT2D eigenvalue weighted by Gasteiger charge is 2.07. The molecule has 7 heteroatoms. The van der Waals surface area contributed by atoms with Gasteiger partial charge in [0.05, 0.1) is 6.54 Å². The summed E-state index contributed by atoms with van der Waals surface area (Å²) in [7, 11) is 0. The monoisotopic (exact) mass is 366 g/mol. The second-order valence-electron chi connectivity index (χ2n) is 5.78. The molecule has 3 rings (SSSR count). The standard InChI is InChI=1S/C20H18N2O5/c23-18(21-11-14-4-2-1-3-5-14)12-22-19(24)13-26-16-8-6-15-7-9-20(25)27-17(15)10-16/h1-10H,11-13H2,(H,21,23)(H,22,24). The Morgan fingerprint density at radius 3 is 2.52 bits per heavy atom. The van der Waals surface area contributed by atoms with E-state index in [0.717, 1.165) is 10.9 Å². The van der Waals surface area contributed by atoms with Crippen LogP contribution >= 0.6 is 0 Å². The lowest BCUT2D eigenvalue weighted by molar-refractivity contribution is -0.127. The number of benzene rings is 2.